The van der Waals surface area contributed by atoms with Crippen molar-refractivity contribution >= 4 is 12.2 Å². The Hall–Kier alpha value is -1.12. The summed E-state index contributed by atoms with van der Waals surface area (Å²) in [6.07, 6.45) is 2.66. The van der Waals surface area contributed by atoms with E-state index in [1.165, 1.54) is 4.90 Å². The molecule has 62 valence electrons. The second-order valence-corrected chi connectivity index (χ2v) is 2.24. The summed E-state index contributed by atoms with van der Waals surface area (Å²) in [6, 6.07) is 0. The maximum absolute atomic E-state index is 10.3. The minimum absolute atomic E-state index is 0.711. The Morgan fingerprint density at radius 1 is 1.55 bits per heavy atom. The molecule has 0 saturated carbocycles. The number of allylic oxidation sites excluding steroid dienone is 1. The summed E-state index contributed by atoms with van der Waals surface area (Å²) in [6.45, 7) is 3.83. The molecule has 11 heavy (non-hydrogen) atoms. The van der Waals surface area contributed by atoms with Crippen molar-refractivity contribution in [2.45, 2.75) is 13.8 Å². The van der Waals surface area contributed by atoms with Crippen molar-refractivity contribution in [3.8, 4) is 0 Å². The molecule has 0 aliphatic heterocycles. The molecule has 0 fully saturated rings. The number of rotatable bonds is 2. The zero-order chi connectivity index (χ0) is 8.85. The van der Waals surface area contributed by atoms with E-state index in [4.69, 9.17) is 0 Å². The Kier molecular flexibility index (Phi) is 4.18. The van der Waals surface area contributed by atoms with Gasteiger partial charge in [0.15, 0.2) is 0 Å². The molecule has 0 atom stereocenters. The van der Waals surface area contributed by atoms with E-state index in [-0.39, 0.29) is 0 Å². The van der Waals surface area contributed by atoms with Crippen molar-refractivity contribution < 1.29 is 4.79 Å². The first kappa shape index (κ1) is 9.88. The number of carbonyl (C=O) groups is 1. The van der Waals surface area contributed by atoms with Gasteiger partial charge in [-0.3, -0.25) is 9.79 Å². The van der Waals surface area contributed by atoms with Crippen molar-refractivity contribution in [2.24, 2.45) is 4.99 Å². The summed E-state index contributed by atoms with van der Waals surface area (Å²) in [5.41, 5.74) is 1.00. The number of amides is 1. The Bertz CT molecular complexity index is 194. The van der Waals surface area contributed by atoms with E-state index in [2.05, 4.69) is 4.99 Å². The molecular weight excluding hydrogens is 140 g/mol. The summed E-state index contributed by atoms with van der Waals surface area (Å²) in [5, 5.41) is 0. The molecule has 0 radical (unpaired) electrons. The van der Waals surface area contributed by atoms with Gasteiger partial charge in [-0.25, -0.2) is 0 Å². The highest BCUT2D eigenvalue weighted by Gasteiger charge is 2.04. The molecule has 3 nitrogen and oxygen atoms in total. The summed E-state index contributed by atoms with van der Waals surface area (Å²) < 4.78 is 0. The van der Waals surface area contributed by atoms with Crippen LogP contribution in [0, 0.1) is 0 Å². The van der Waals surface area contributed by atoms with Crippen LogP contribution >= 0.6 is 0 Å². The van der Waals surface area contributed by atoms with E-state index < -0.39 is 0 Å². The number of nitrogens with zero attached hydrogens (tertiary/aromatic N) is 2. The van der Waals surface area contributed by atoms with Gasteiger partial charge in [0, 0.05) is 14.1 Å². The molecule has 0 aromatic carbocycles. The van der Waals surface area contributed by atoms with E-state index in [9.17, 15) is 4.79 Å². The monoisotopic (exact) mass is 154 g/mol. The van der Waals surface area contributed by atoms with Crippen LogP contribution in [-0.4, -0.2) is 31.2 Å². The predicted octanol–water partition coefficient (Wildman–Crippen LogP) is 1.07. The van der Waals surface area contributed by atoms with Gasteiger partial charge in [-0.2, -0.15) is 0 Å². The molecule has 0 saturated heterocycles. The first-order valence-corrected chi connectivity index (χ1v) is 3.45. The van der Waals surface area contributed by atoms with Gasteiger partial charge in [0.2, 0.25) is 6.41 Å². The largest absolute Gasteiger partial charge is 0.303 e. The molecule has 0 bridgehead atoms. The lowest BCUT2D eigenvalue weighted by atomic mass is 10.2. The highest BCUT2D eigenvalue weighted by Crippen LogP contribution is 1.98. The van der Waals surface area contributed by atoms with Gasteiger partial charge >= 0.3 is 0 Å². The Morgan fingerprint density at radius 3 is 2.36 bits per heavy atom. The Morgan fingerprint density at radius 2 is 2.09 bits per heavy atom. The number of likely N-dealkylation sites (N-methyl/N-ethyl adjacent to an activating group) is 1. The molecule has 0 spiro atoms. The normalized spacial score (nSPS) is 13.1. The fourth-order valence-electron chi connectivity index (χ4n) is 0.791. The number of carbonyl (C=O) groups excluding carboxylic acids is 1. The average molecular weight is 154 g/mol. The number of hydrogen-bond donors (Lipinski definition) is 0. The fraction of sp³-hybridized carbons (Fsp3) is 0.500. The zero-order valence-electron chi connectivity index (χ0n) is 7.46. The van der Waals surface area contributed by atoms with Crippen LogP contribution in [-0.2, 0) is 4.79 Å². The molecule has 0 aliphatic carbocycles. The van der Waals surface area contributed by atoms with E-state index in [1.807, 2.05) is 19.9 Å². The summed E-state index contributed by atoms with van der Waals surface area (Å²) in [4.78, 5) is 15.8. The van der Waals surface area contributed by atoms with Crippen LogP contribution in [0.15, 0.2) is 16.6 Å². The van der Waals surface area contributed by atoms with Crippen LogP contribution in [0.5, 0.6) is 0 Å². The molecule has 3 heteroatoms. The standard InChI is InChI=1S/C8H14N2O/c1-5-7(2)8(9-3)10(4)6-11/h5-6H,1-4H3/b7-5-,9-8?. The van der Waals surface area contributed by atoms with Crippen LogP contribution in [0.4, 0.5) is 0 Å². The van der Waals surface area contributed by atoms with Crippen molar-refractivity contribution in [2.75, 3.05) is 14.1 Å². The predicted molar refractivity (Wildman–Crippen MR) is 46.6 cm³/mol. The molecule has 0 rings (SSSR count). The highest BCUT2D eigenvalue weighted by atomic mass is 16.1. The lowest BCUT2D eigenvalue weighted by Gasteiger charge is -2.13. The van der Waals surface area contributed by atoms with E-state index in [1.54, 1.807) is 14.1 Å². The van der Waals surface area contributed by atoms with Crippen LogP contribution in [0.3, 0.4) is 0 Å². The maximum Gasteiger partial charge on any atom is 0.215 e. The molecule has 0 aromatic rings. The highest BCUT2D eigenvalue weighted by molar-refractivity contribution is 6.02. The first-order valence-electron chi connectivity index (χ1n) is 3.45. The van der Waals surface area contributed by atoms with Crippen LogP contribution in [0.1, 0.15) is 13.8 Å². The summed E-state index contributed by atoms with van der Waals surface area (Å²) >= 11 is 0. The third kappa shape index (κ3) is 2.53. The first-order chi connectivity index (χ1) is 5.17. The topological polar surface area (TPSA) is 32.7 Å². The number of aliphatic imine (C=N–C) groups is 1. The van der Waals surface area contributed by atoms with Gasteiger partial charge in [-0.1, -0.05) is 6.08 Å². The van der Waals surface area contributed by atoms with E-state index >= 15 is 0 Å². The van der Waals surface area contributed by atoms with Crippen molar-refractivity contribution in [3.63, 3.8) is 0 Å². The SMILES string of the molecule is C/C=C(/C)C(=NC)N(C)C=O. The molecule has 0 N–H and O–H groups in total. The third-order valence-electron chi connectivity index (χ3n) is 1.49. The van der Waals surface area contributed by atoms with Crippen molar-refractivity contribution in [1.82, 2.24) is 4.90 Å². The van der Waals surface area contributed by atoms with Gasteiger partial charge < -0.3 is 4.90 Å². The zero-order valence-corrected chi connectivity index (χ0v) is 7.46. The van der Waals surface area contributed by atoms with Crippen molar-refractivity contribution in [3.05, 3.63) is 11.6 Å². The molecule has 0 aliphatic rings. The molecular formula is C8H14N2O. The lowest BCUT2D eigenvalue weighted by Crippen LogP contribution is -2.25. The summed E-state index contributed by atoms with van der Waals surface area (Å²) in [7, 11) is 3.35. The number of hydrogen-bond acceptors (Lipinski definition) is 2. The second kappa shape index (κ2) is 4.66. The summed E-state index contributed by atoms with van der Waals surface area (Å²) in [5.74, 6) is 0.711. The Labute approximate surface area is 67.4 Å². The third-order valence-corrected chi connectivity index (χ3v) is 1.49. The number of amidine groups is 1. The quantitative estimate of drug-likeness (QED) is 0.332. The van der Waals surface area contributed by atoms with E-state index in [0.717, 1.165) is 12.0 Å². The minimum Gasteiger partial charge on any atom is -0.303 e. The molecule has 0 heterocycles. The molecule has 0 aromatic heterocycles. The fourth-order valence-corrected chi connectivity index (χ4v) is 0.791. The van der Waals surface area contributed by atoms with Gasteiger partial charge in [0.1, 0.15) is 5.84 Å². The average Bonchev–Trinajstić information content (AvgIpc) is 2.05. The molecule has 1 amide bonds. The van der Waals surface area contributed by atoms with Crippen LogP contribution in [0.25, 0.3) is 0 Å². The second-order valence-electron chi connectivity index (χ2n) is 2.24. The van der Waals surface area contributed by atoms with Crippen LogP contribution < -0.4 is 0 Å². The van der Waals surface area contributed by atoms with Gasteiger partial charge in [-0.15, -0.1) is 0 Å². The lowest BCUT2D eigenvalue weighted by molar-refractivity contribution is -0.114. The maximum atomic E-state index is 10.3. The molecule has 0 unspecified atom stereocenters. The smallest absolute Gasteiger partial charge is 0.215 e. The Balaban J connectivity index is 4.56. The van der Waals surface area contributed by atoms with Crippen LogP contribution in [0.2, 0.25) is 0 Å². The van der Waals surface area contributed by atoms with Crippen molar-refractivity contribution in [1.29, 1.82) is 0 Å². The minimum atomic E-state index is 0.711. The van der Waals surface area contributed by atoms with E-state index in [0.29, 0.717) is 5.84 Å². The van der Waals surface area contributed by atoms with Gasteiger partial charge in [0.25, 0.3) is 0 Å². The van der Waals surface area contributed by atoms with Gasteiger partial charge in [-0.05, 0) is 19.4 Å². The van der Waals surface area contributed by atoms with Gasteiger partial charge in [0.05, 0.1) is 0 Å².